The quantitative estimate of drug-likeness (QED) is 0.0411. The zero-order valence-electron chi connectivity index (χ0n) is 100. The molecule has 5 heterocycles. The van der Waals surface area contributed by atoms with Gasteiger partial charge in [0.05, 0.1) is 23.7 Å². The average Bonchev–Trinajstić information content (AvgIpc) is 1.81. The van der Waals surface area contributed by atoms with E-state index in [1.165, 1.54) is 89.6 Å². The third-order valence-corrected chi connectivity index (χ3v) is 27.4. The second kappa shape index (κ2) is 91.8. The Morgan fingerprint density at radius 2 is 0.599 bits per heavy atom. The molecule has 0 radical (unpaired) electrons. The molecule has 5 aliphatic heterocycles. The van der Waals surface area contributed by atoms with Crippen molar-refractivity contribution in [3.05, 3.63) is 0 Å². The lowest BCUT2D eigenvalue weighted by molar-refractivity contribution is -0.147. The second-order valence-electron chi connectivity index (χ2n) is 46.7. The minimum absolute atomic E-state index is 0.0228. The van der Waals surface area contributed by atoms with Gasteiger partial charge >= 0.3 is 5.97 Å². The molecule has 18 nitrogen and oxygen atoms in total. The molecule has 0 aromatic rings. The van der Waals surface area contributed by atoms with Gasteiger partial charge in [0.2, 0.25) is 17.7 Å². The zero-order chi connectivity index (χ0) is 111. The first-order valence-corrected chi connectivity index (χ1v) is 61.9. The molecule has 0 aliphatic carbocycles. The number of rotatable bonds is 49. The molecule has 0 aromatic carbocycles. The van der Waals surface area contributed by atoms with Crippen LogP contribution in [0.15, 0.2) is 25.0 Å². The molecule has 3 amide bonds. The summed E-state index contributed by atoms with van der Waals surface area (Å²) in [5.41, 5.74) is 0. The van der Waals surface area contributed by atoms with E-state index >= 15 is 0 Å². The molecule has 0 saturated carbocycles. The van der Waals surface area contributed by atoms with E-state index in [4.69, 9.17) is 51.1 Å². The number of hydrogen-bond donors (Lipinski definition) is 0. The van der Waals surface area contributed by atoms with Gasteiger partial charge in [0.25, 0.3) is 0 Å². The Labute approximate surface area is 916 Å². The normalized spacial score (nSPS) is 15.9. The lowest BCUT2D eigenvalue weighted by Gasteiger charge is -2.33. The van der Waals surface area contributed by atoms with E-state index in [1.807, 2.05) is 103 Å². The van der Waals surface area contributed by atoms with Gasteiger partial charge in [0.15, 0.2) is 30.9 Å². The Bertz CT molecular complexity index is 3260. The first-order chi connectivity index (χ1) is 65.9. The molecule has 836 valence electrons. The number of thiocarbonyl (C=S) groups is 3. The number of ketones is 2. The van der Waals surface area contributed by atoms with Crippen molar-refractivity contribution in [1.29, 1.82) is 0 Å². The van der Waals surface area contributed by atoms with Crippen molar-refractivity contribution < 1.29 is 38.2 Å². The van der Waals surface area contributed by atoms with Crippen LogP contribution in [-0.4, -0.2) is 217 Å². The summed E-state index contributed by atoms with van der Waals surface area (Å²) in [5, 5.41) is 6.03. The number of esters is 1. The van der Waals surface area contributed by atoms with E-state index in [2.05, 4.69) is 265 Å². The van der Waals surface area contributed by atoms with Gasteiger partial charge in [-0.15, -0.1) is 0 Å². The van der Waals surface area contributed by atoms with Gasteiger partial charge in [0, 0.05) is 138 Å². The van der Waals surface area contributed by atoms with Gasteiger partial charge in [0.1, 0.15) is 11.6 Å². The average molecular weight is 2150 g/mol. The van der Waals surface area contributed by atoms with Gasteiger partial charge in [-0.3, -0.25) is 68.4 Å². The molecular formula is C116H226N10O8S8. The van der Waals surface area contributed by atoms with Crippen molar-refractivity contribution >= 4 is 171 Å². The van der Waals surface area contributed by atoms with Crippen LogP contribution in [0.25, 0.3) is 0 Å². The molecule has 5 fully saturated rings. The number of aliphatic imine (C=N–C) groups is 5. The van der Waals surface area contributed by atoms with E-state index in [9.17, 15) is 28.8 Å². The van der Waals surface area contributed by atoms with Crippen LogP contribution in [0.2, 0.25) is 0 Å². The van der Waals surface area contributed by atoms with Gasteiger partial charge in [-0.25, -0.2) is 0 Å². The fourth-order valence-corrected chi connectivity index (χ4v) is 19.9. The number of amidine groups is 5. The molecule has 26 heteroatoms. The molecule has 5 saturated heterocycles. The largest absolute Gasteiger partial charge is 0.484 e. The Kier molecular flexibility index (Phi) is 96.7. The molecule has 0 N–H and O–H groups in total. The van der Waals surface area contributed by atoms with Crippen molar-refractivity contribution in [2.75, 3.05) is 74.6 Å². The van der Waals surface area contributed by atoms with Crippen LogP contribution in [0.1, 0.15) is 459 Å². The molecular weight excluding hydrogens is 1920 g/mol. The highest BCUT2D eigenvalue weighted by atomic mass is 32.2. The number of ether oxygens (including phenoxy) is 2. The van der Waals surface area contributed by atoms with Crippen molar-refractivity contribution in [2.24, 2.45) is 114 Å². The lowest BCUT2D eigenvalue weighted by Crippen LogP contribution is -2.43. The summed E-state index contributed by atoms with van der Waals surface area (Å²) >= 11 is 24.2. The topological polar surface area (TPSA) is 199 Å². The standard InChI is InChI=1S/C12H22N2OS.C12H24N2S.C11H20N2OS.C11H22N2S.C11H22O.C11H22S.C10H18N2OS.C10H20O.C10H20S.C9H18O2.C9H18OS/c1-9(2)5-7-13-12-14(10(3)4)11(15)6-8-16-12;1-10(2)6-7-13-12-14(11(3)4)8-5-9-15-12;1-8(2)5-6-12-11-13(9(3)4)10(14)7-15-11;1-9(2)5-6-12-11-13(10(3)4)7-8-14-11;2*1-9(2)6-5-7-11(12)8-10(3)4;1-7(2)5-11-10-12(8(3)4)9(13)6-14-10;2*1-8(2)5-6-10(11)7-9(3)4;1-7(2)5-6-9(10)11-8(3)4;1-7(2)5-6-9(11)10-8(3)4/h9-10H,5-8H2,1-4H3;10-11H,5-9H2,1-4H3;8-9H,5-7H2,1-4H3;9-10H,5-8H2,1-4H3;2*9-10H,5-8H2,1-4H3;7-8H,5-6H2,1-4H3;2*8-9H,5-7H2,1-4H3;2*7-8H,5-6H2,1-4H3. The van der Waals surface area contributed by atoms with Gasteiger partial charge in [-0.1, -0.05) is 304 Å². The van der Waals surface area contributed by atoms with E-state index in [0.29, 0.717) is 95.3 Å². The first kappa shape index (κ1) is 150. The number of amides is 3. The molecule has 0 atom stereocenters. The third-order valence-electron chi connectivity index (χ3n) is 21.3. The Morgan fingerprint density at radius 3 is 0.958 bits per heavy atom. The summed E-state index contributed by atoms with van der Waals surface area (Å²) in [7, 11) is 0. The molecule has 0 spiro atoms. The number of Topliss-reactive ketones (excluding diaryl/α,β-unsaturated/α-hetero) is 2. The Morgan fingerprint density at radius 1 is 0.289 bits per heavy atom. The molecule has 0 aromatic heterocycles. The Balaban J connectivity index is -0.000000359. The Hall–Kier alpha value is -3.01. The molecule has 0 bridgehead atoms. The van der Waals surface area contributed by atoms with Crippen molar-refractivity contribution in [1.82, 2.24) is 24.5 Å². The summed E-state index contributed by atoms with van der Waals surface area (Å²) in [4.78, 5) is 104. The molecule has 0 unspecified atom stereocenters. The van der Waals surface area contributed by atoms with E-state index < -0.39 is 0 Å². The highest BCUT2D eigenvalue weighted by molar-refractivity contribution is 8.15. The number of thioether (sulfide) groups is 5. The number of nitrogens with zero attached hydrogens (tertiary/aromatic N) is 10. The van der Waals surface area contributed by atoms with Gasteiger partial charge < -0.3 is 19.3 Å². The molecule has 5 rings (SSSR count). The minimum Gasteiger partial charge on any atom is -0.484 e. The van der Waals surface area contributed by atoms with Crippen LogP contribution in [0.3, 0.4) is 0 Å². The van der Waals surface area contributed by atoms with Crippen LogP contribution in [-0.2, 0) is 38.2 Å². The maximum Gasteiger partial charge on any atom is 0.306 e. The van der Waals surface area contributed by atoms with E-state index in [-0.39, 0.29) is 54.0 Å². The van der Waals surface area contributed by atoms with Gasteiger partial charge in [-0.05, 0) is 304 Å². The SMILES string of the molecule is CC(C)CCC(=O)CC(C)C.CC(C)CCC(=O)OC(C)C.CC(C)CCC(=S)CC(C)C.CC(C)CCC(=S)OC(C)C.CC(C)CCCC(=O)CC(C)C.CC(C)CCCC(=S)CC(C)C.CC(C)CCN=C1SCC(=O)N1C(C)C.CC(C)CCN=C1SCCC(=O)N1C(C)C.CC(C)CCN=C1SCCCN1C(C)C.CC(C)CCN=C1SCCN1C(C)C.CC(C)CN=C1SCC(=O)N1C(C)C. The summed E-state index contributed by atoms with van der Waals surface area (Å²) in [5.74, 6) is 16.0. The van der Waals surface area contributed by atoms with Crippen LogP contribution in [0.4, 0.5) is 0 Å². The van der Waals surface area contributed by atoms with Crippen LogP contribution < -0.4 is 0 Å². The summed E-state index contributed by atoms with van der Waals surface area (Å²) < 4.78 is 10.3. The zero-order valence-corrected chi connectivity index (χ0v) is 107. The van der Waals surface area contributed by atoms with E-state index in [0.717, 1.165) is 197 Å². The van der Waals surface area contributed by atoms with Crippen LogP contribution >= 0.6 is 95.5 Å². The summed E-state index contributed by atoms with van der Waals surface area (Å²) in [6, 6.07) is 1.87. The number of hydrogen-bond acceptors (Lipinski definition) is 21. The number of carbonyl (C=O) groups excluding carboxylic acids is 6. The van der Waals surface area contributed by atoms with Crippen molar-refractivity contribution in [3.8, 4) is 0 Å². The highest BCUT2D eigenvalue weighted by Gasteiger charge is 2.32. The van der Waals surface area contributed by atoms with Crippen molar-refractivity contribution in [2.45, 2.75) is 501 Å². The first-order valence-electron chi connectivity index (χ1n) is 55.7. The van der Waals surface area contributed by atoms with E-state index in [1.54, 1.807) is 40.2 Å². The predicted octanol–water partition coefficient (Wildman–Crippen LogP) is 33.3. The van der Waals surface area contributed by atoms with Crippen LogP contribution in [0, 0.1) is 88.8 Å². The maximum atomic E-state index is 11.8. The third kappa shape index (κ3) is 95.4. The van der Waals surface area contributed by atoms with Gasteiger partial charge in [-0.2, -0.15) is 0 Å². The lowest BCUT2D eigenvalue weighted by atomic mass is 10.00. The minimum atomic E-state index is -0.0753. The predicted molar refractivity (Wildman–Crippen MR) is 652 cm³/mol. The van der Waals surface area contributed by atoms with Crippen LogP contribution in [0.5, 0.6) is 0 Å². The maximum absolute atomic E-state index is 11.8. The fourth-order valence-electron chi connectivity index (χ4n) is 13.3. The second-order valence-corrected chi connectivity index (χ2v) is 53.4. The van der Waals surface area contributed by atoms with Crippen molar-refractivity contribution in [3.63, 3.8) is 0 Å². The number of carbonyl (C=O) groups is 6. The fraction of sp³-hybridized carbons (Fsp3) is 0.879. The summed E-state index contributed by atoms with van der Waals surface area (Å²) in [6.45, 7) is 101. The monoisotopic (exact) mass is 2140 g/mol. The smallest absolute Gasteiger partial charge is 0.306 e. The highest BCUT2D eigenvalue weighted by Crippen LogP contribution is 2.28. The molecule has 5 aliphatic rings. The molecule has 142 heavy (non-hydrogen) atoms. The summed E-state index contributed by atoms with van der Waals surface area (Å²) in [6.07, 6.45) is 25.1.